The summed E-state index contributed by atoms with van der Waals surface area (Å²) < 4.78 is 16.7. The molecular formula is C16H19N3O3. The third-order valence-electron chi connectivity index (χ3n) is 3.58. The summed E-state index contributed by atoms with van der Waals surface area (Å²) in [6.45, 7) is 3.92. The van der Waals surface area contributed by atoms with Gasteiger partial charge in [-0.3, -0.25) is 10.3 Å². The van der Waals surface area contributed by atoms with E-state index in [2.05, 4.69) is 10.5 Å². The van der Waals surface area contributed by atoms with Gasteiger partial charge in [0.25, 0.3) is 0 Å². The molecule has 0 bridgehead atoms. The van der Waals surface area contributed by atoms with Gasteiger partial charge in [-0.2, -0.15) is 5.10 Å². The van der Waals surface area contributed by atoms with Gasteiger partial charge in [0, 0.05) is 0 Å². The molecule has 6 nitrogen and oxygen atoms in total. The highest BCUT2D eigenvalue weighted by molar-refractivity contribution is 6.11. The number of para-hydroxylation sites is 1. The number of methoxy groups -OCH3 is 2. The van der Waals surface area contributed by atoms with Crippen LogP contribution in [0.1, 0.15) is 18.4 Å². The number of benzene rings is 1. The van der Waals surface area contributed by atoms with Gasteiger partial charge in [0.2, 0.25) is 0 Å². The van der Waals surface area contributed by atoms with Gasteiger partial charge in [0.1, 0.15) is 29.1 Å². The second-order valence-corrected chi connectivity index (χ2v) is 5.03. The zero-order valence-corrected chi connectivity index (χ0v) is 13.1. The predicted octanol–water partition coefficient (Wildman–Crippen LogP) is 2.72. The summed E-state index contributed by atoms with van der Waals surface area (Å²) in [7, 11) is 3.28. The predicted molar refractivity (Wildman–Crippen MR) is 84.6 cm³/mol. The Bertz CT molecular complexity index is 686. The largest absolute Gasteiger partial charge is 0.494 e. The summed E-state index contributed by atoms with van der Waals surface area (Å²) in [6.07, 6.45) is -0.0504. The van der Waals surface area contributed by atoms with Gasteiger partial charge in [-0.1, -0.05) is 6.07 Å². The van der Waals surface area contributed by atoms with Gasteiger partial charge >= 0.3 is 0 Å². The first-order valence-corrected chi connectivity index (χ1v) is 7.06. The maximum Gasteiger partial charge on any atom is 0.198 e. The van der Waals surface area contributed by atoms with Crippen molar-refractivity contribution in [1.82, 2.24) is 5.43 Å². The third-order valence-corrected chi connectivity index (χ3v) is 3.58. The minimum Gasteiger partial charge on any atom is -0.494 e. The molecule has 0 radical (unpaired) electrons. The van der Waals surface area contributed by atoms with Crippen LogP contribution in [0.2, 0.25) is 0 Å². The first-order valence-electron chi connectivity index (χ1n) is 7.06. The number of hydrazone groups is 1. The van der Waals surface area contributed by atoms with Gasteiger partial charge in [0.05, 0.1) is 14.2 Å². The van der Waals surface area contributed by atoms with Gasteiger partial charge < -0.3 is 13.9 Å². The molecule has 116 valence electrons. The van der Waals surface area contributed by atoms with Crippen LogP contribution < -0.4 is 19.8 Å². The standard InChI is InChI=1S/C16H19N3O3/c1-10-8-9-14(22-10)16-18-17-11(2)19(16)15-12(20-3)6-5-7-13(15)21-4/h5-9,11,17H,1-4H3. The average Bonchev–Trinajstić information content (AvgIpc) is 3.12. The molecule has 0 saturated carbocycles. The summed E-state index contributed by atoms with van der Waals surface area (Å²) >= 11 is 0. The van der Waals surface area contributed by atoms with Crippen LogP contribution in [0.15, 0.2) is 39.9 Å². The third kappa shape index (κ3) is 2.26. The lowest BCUT2D eigenvalue weighted by atomic mass is 10.2. The first kappa shape index (κ1) is 14.3. The second kappa shape index (κ2) is 5.63. The fourth-order valence-electron chi connectivity index (χ4n) is 2.55. The van der Waals surface area contributed by atoms with Crippen LogP contribution in [-0.4, -0.2) is 26.2 Å². The molecule has 0 aliphatic carbocycles. The van der Waals surface area contributed by atoms with E-state index in [1.807, 2.05) is 49.1 Å². The molecule has 0 fully saturated rings. The molecule has 1 atom stereocenters. The highest BCUT2D eigenvalue weighted by Gasteiger charge is 2.33. The number of amidine groups is 1. The van der Waals surface area contributed by atoms with Crippen molar-refractivity contribution in [2.75, 3.05) is 19.1 Å². The Kier molecular flexibility index (Phi) is 3.66. The Hall–Kier alpha value is -2.63. The molecule has 1 aliphatic heterocycles. The van der Waals surface area contributed by atoms with Crippen molar-refractivity contribution in [1.29, 1.82) is 0 Å². The summed E-state index contributed by atoms with van der Waals surface area (Å²) in [5.41, 5.74) is 3.89. The highest BCUT2D eigenvalue weighted by atomic mass is 16.5. The average molecular weight is 301 g/mol. The molecule has 0 spiro atoms. The monoisotopic (exact) mass is 301 g/mol. The van der Waals surface area contributed by atoms with Crippen molar-refractivity contribution in [2.45, 2.75) is 20.0 Å². The molecule has 6 heteroatoms. The van der Waals surface area contributed by atoms with E-state index >= 15 is 0 Å². The number of anilines is 1. The Morgan fingerprint density at radius 2 is 1.82 bits per heavy atom. The van der Waals surface area contributed by atoms with Crippen molar-refractivity contribution in [3.63, 3.8) is 0 Å². The van der Waals surface area contributed by atoms with Crippen LogP contribution in [0.4, 0.5) is 5.69 Å². The maximum absolute atomic E-state index is 5.72. The van der Waals surface area contributed by atoms with E-state index in [0.29, 0.717) is 23.1 Å². The van der Waals surface area contributed by atoms with Crippen LogP contribution in [0.3, 0.4) is 0 Å². The number of hydrogen-bond donors (Lipinski definition) is 1. The van der Waals surface area contributed by atoms with Gasteiger partial charge in [-0.25, -0.2) is 0 Å². The number of furan rings is 1. The molecule has 0 amide bonds. The molecule has 0 saturated heterocycles. The second-order valence-electron chi connectivity index (χ2n) is 5.03. The molecule has 2 heterocycles. The zero-order valence-electron chi connectivity index (χ0n) is 13.1. The molecule has 1 unspecified atom stereocenters. The van der Waals surface area contributed by atoms with Gasteiger partial charge in [-0.05, 0) is 38.1 Å². The van der Waals surface area contributed by atoms with Gasteiger partial charge in [-0.15, -0.1) is 0 Å². The normalized spacial score (nSPS) is 17.2. The molecule has 1 aromatic heterocycles. The van der Waals surface area contributed by atoms with E-state index in [1.165, 1.54) is 0 Å². The van der Waals surface area contributed by atoms with Crippen molar-refractivity contribution < 1.29 is 13.9 Å². The molecule has 1 N–H and O–H groups in total. The van der Waals surface area contributed by atoms with Gasteiger partial charge in [0.15, 0.2) is 11.6 Å². The van der Waals surface area contributed by atoms with Crippen molar-refractivity contribution in [2.24, 2.45) is 5.10 Å². The van der Waals surface area contributed by atoms with Crippen molar-refractivity contribution in [3.05, 3.63) is 41.9 Å². The van der Waals surface area contributed by atoms with Crippen LogP contribution in [0, 0.1) is 6.92 Å². The lowest BCUT2D eigenvalue weighted by Crippen LogP contribution is -2.38. The van der Waals surface area contributed by atoms with Crippen molar-refractivity contribution in [3.8, 4) is 11.5 Å². The van der Waals surface area contributed by atoms with E-state index in [9.17, 15) is 0 Å². The van der Waals surface area contributed by atoms with E-state index in [0.717, 1.165) is 11.4 Å². The number of rotatable bonds is 4. The summed E-state index contributed by atoms with van der Waals surface area (Å²) in [4.78, 5) is 2.01. The quantitative estimate of drug-likeness (QED) is 0.941. The Balaban J connectivity index is 2.11. The Morgan fingerprint density at radius 3 is 2.36 bits per heavy atom. The number of hydrogen-bond acceptors (Lipinski definition) is 6. The summed E-state index contributed by atoms with van der Waals surface area (Å²) in [5, 5.41) is 4.40. The zero-order chi connectivity index (χ0) is 15.7. The highest BCUT2D eigenvalue weighted by Crippen LogP contribution is 2.40. The lowest BCUT2D eigenvalue weighted by molar-refractivity contribution is 0.394. The fourth-order valence-corrected chi connectivity index (χ4v) is 2.55. The van der Waals surface area contributed by atoms with Crippen molar-refractivity contribution >= 4 is 11.5 Å². The Labute approximate surface area is 129 Å². The van der Waals surface area contributed by atoms with Crippen LogP contribution in [0.5, 0.6) is 11.5 Å². The van der Waals surface area contributed by atoms with Crippen LogP contribution >= 0.6 is 0 Å². The van der Waals surface area contributed by atoms with Crippen LogP contribution in [-0.2, 0) is 0 Å². The molecule has 3 rings (SSSR count). The van der Waals surface area contributed by atoms with Crippen LogP contribution in [0.25, 0.3) is 0 Å². The molecule has 2 aromatic rings. The Morgan fingerprint density at radius 1 is 1.14 bits per heavy atom. The molecule has 1 aromatic carbocycles. The number of aryl methyl sites for hydroxylation is 1. The molecule has 22 heavy (non-hydrogen) atoms. The number of nitrogens with one attached hydrogen (secondary N) is 1. The number of ether oxygens (including phenoxy) is 2. The smallest absolute Gasteiger partial charge is 0.198 e. The van der Waals surface area contributed by atoms with E-state index in [1.54, 1.807) is 14.2 Å². The maximum atomic E-state index is 5.72. The molecular weight excluding hydrogens is 282 g/mol. The summed E-state index contributed by atoms with van der Waals surface area (Å²) in [5.74, 6) is 3.66. The molecule has 1 aliphatic rings. The van der Waals surface area contributed by atoms with E-state index < -0.39 is 0 Å². The first-order chi connectivity index (χ1) is 10.7. The summed E-state index contributed by atoms with van der Waals surface area (Å²) in [6, 6.07) is 9.51. The van der Waals surface area contributed by atoms with E-state index in [4.69, 9.17) is 13.9 Å². The fraction of sp³-hybridized carbons (Fsp3) is 0.312. The number of nitrogens with zero attached hydrogens (tertiary/aromatic N) is 2. The van der Waals surface area contributed by atoms with E-state index in [-0.39, 0.29) is 6.17 Å². The minimum atomic E-state index is -0.0504. The minimum absolute atomic E-state index is 0.0504. The SMILES string of the molecule is COc1cccc(OC)c1N1C(c2ccc(C)o2)=NNC1C. The topological polar surface area (TPSA) is 59.2 Å². The lowest BCUT2D eigenvalue weighted by Gasteiger charge is -2.27.